The highest BCUT2D eigenvalue weighted by atomic mass is 32.2. The molecule has 0 aliphatic carbocycles. The van der Waals surface area contributed by atoms with Gasteiger partial charge in [-0.2, -0.15) is 14.5 Å². The molecule has 0 N–H and O–H groups in total. The van der Waals surface area contributed by atoms with Crippen LogP contribution in [0.5, 0.6) is 0 Å². The van der Waals surface area contributed by atoms with Crippen LogP contribution in [-0.4, -0.2) is 39.3 Å². The van der Waals surface area contributed by atoms with Gasteiger partial charge in [0.25, 0.3) is 0 Å². The lowest BCUT2D eigenvalue weighted by atomic mass is 10.4. The molecule has 0 unspecified atom stereocenters. The monoisotopic (exact) mass is 297 g/mol. The Kier molecular flexibility index (Phi) is 3.96. The maximum Gasteiger partial charge on any atom is 0.246 e. The summed E-state index contributed by atoms with van der Waals surface area (Å²) in [4.78, 5) is 0.241. The van der Waals surface area contributed by atoms with E-state index in [2.05, 4.69) is 10.2 Å². The van der Waals surface area contributed by atoms with Crippen LogP contribution in [0, 0.1) is 6.92 Å². The molecule has 0 bridgehead atoms. The summed E-state index contributed by atoms with van der Waals surface area (Å²) in [6.07, 6.45) is 5.06. The van der Waals surface area contributed by atoms with Crippen LogP contribution in [-0.2, 0) is 30.2 Å². The van der Waals surface area contributed by atoms with E-state index in [9.17, 15) is 8.42 Å². The number of aromatic nitrogens is 4. The number of nitrogens with zero attached hydrogens (tertiary/aromatic N) is 5. The lowest BCUT2D eigenvalue weighted by Crippen LogP contribution is -2.26. The SMILES string of the molecule is CCn1cc(CN(C)S(=O)(=O)c2cn(C)nc2C)cn1. The van der Waals surface area contributed by atoms with Gasteiger partial charge in [-0.15, -0.1) is 0 Å². The molecule has 2 rings (SSSR count). The maximum absolute atomic E-state index is 12.5. The summed E-state index contributed by atoms with van der Waals surface area (Å²) in [5.74, 6) is 0. The first kappa shape index (κ1) is 14.7. The first-order chi connectivity index (χ1) is 9.34. The van der Waals surface area contributed by atoms with E-state index >= 15 is 0 Å². The average Bonchev–Trinajstić information content (AvgIpc) is 2.95. The molecule has 0 aliphatic rings. The summed E-state index contributed by atoms with van der Waals surface area (Å²) in [6.45, 7) is 4.72. The zero-order valence-electron chi connectivity index (χ0n) is 12.1. The van der Waals surface area contributed by atoms with E-state index in [0.29, 0.717) is 5.69 Å². The molecule has 0 atom stereocenters. The molecule has 0 aromatic carbocycles. The zero-order valence-corrected chi connectivity index (χ0v) is 12.9. The van der Waals surface area contributed by atoms with Crippen LogP contribution in [0.15, 0.2) is 23.5 Å². The fourth-order valence-corrected chi connectivity index (χ4v) is 3.36. The van der Waals surface area contributed by atoms with Crippen molar-refractivity contribution in [3.8, 4) is 0 Å². The summed E-state index contributed by atoms with van der Waals surface area (Å²) in [5, 5.41) is 8.22. The van der Waals surface area contributed by atoms with Gasteiger partial charge in [0.15, 0.2) is 0 Å². The third-order valence-electron chi connectivity index (χ3n) is 3.07. The Bertz CT molecular complexity index is 701. The van der Waals surface area contributed by atoms with Crippen LogP contribution < -0.4 is 0 Å². The van der Waals surface area contributed by atoms with Crippen molar-refractivity contribution < 1.29 is 8.42 Å². The Hall–Kier alpha value is -1.67. The summed E-state index contributed by atoms with van der Waals surface area (Å²) < 4.78 is 29.6. The molecule has 0 amide bonds. The Morgan fingerprint density at radius 3 is 2.55 bits per heavy atom. The van der Waals surface area contributed by atoms with Crippen LogP contribution in [0.1, 0.15) is 18.2 Å². The minimum Gasteiger partial charge on any atom is -0.274 e. The molecule has 0 spiro atoms. The Morgan fingerprint density at radius 2 is 2.05 bits per heavy atom. The van der Waals surface area contributed by atoms with Crippen molar-refractivity contribution in [1.82, 2.24) is 23.9 Å². The summed E-state index contributed by atoms with van der Waals surface area (Å²) >= 11 is 0. The van der Waals surface area contributed by atoms with Gasteiger partial charge >= 0.3 is 0 Å². The number of rotatable bonds is 5. The molecule has 20 heavy (non-hydrogen) atoms. The number of sulfonamides is 1. The van der Waals surface area contributed by atoms with E-state index in [1.54, 1.807) is 31.9 Å². The van der Waals surface area contributed by atoms with Gasteiger partial charge in [-0.25, -0.2) is 8.42 Å². The molecule has 8 heteroatoms. The zero-order chi connectivity index (χ0) is 14.9. The summed E-state index contributed by atoms with van der Waals surface area (Å²) in [5.41, 5.74) is 1.36. The second kappa shape index (κ2) is 5.37. The van der Waals surface area contributed by atoms with Crippen LogP contribution >= 0.6 is 0 Å². The fraction of sp³-hybridized carbons (Fsp3) is 0.500. The Morgan fingerprint density at radius 1 is 1.35 bits per heavy atom. The minimum absolute atomic E-state index is 0.241. The maximum atomic E-state index is 12.5. The van der Waals surface area contributed by atoms with E-state index in [-0.39, 0.29) is 11.4 Å². The average molecular weight is 297 g/mol. The van der Waals surface area contributed by atoms with Crippen LogP contribution in [0.2, 0.25) is 0 Å². The van der Waals surface area contributed by atoms with Crippen LogP contribution in [0.4, 0.5) is 0 Å². The van der Waals surface area contributed by atoms with Gasteiger partial charge in [-0.1, -0.05) is 0 Å². The Labute approximate surface area is 118 Å². The quantitative estimate of drug-likeness (QED) is 0.817. The molecule has 0 aliphatic heterocycles. The molecule has 0 radical (unpaired) electrons. The highest BCUT2D eigenvalue weighted by molar-refractivity contribution is 7.89. The topological polar surface area (TPSA) is 73.0 Å². The van der Waals surface area contributed by atoms with Crippen molar-refractivity contribution in [2.45, 2.75) is 31.8 Å². The van der Waals surface area contributed by atoms with Crippen molar-refractivity contribution in [3.05, 3.63) is 29.8 Å². The molecule has 0 saturated carbocycles. The molecule has 0 saturated heterocycles. The number of aryl methyl sites for hydroxylation is 3. The van der Waals surface area contributed by atoms with Gasteiger partial charge in [0, 0.05) is 45.1 Å². The van der Waals surface area contributed by atoms with E-state index < -0.39 is 10.0 Å². The van der Waals surface area contributed by atoms with Crippen molar-refractivity contribution in [3.63, 3.8) is 0 Å². The van der Waals surface area contributed by atoms with Crippen molar-refractivity contribution in [2.75, 3.05) is 7.05 Å². The summed E-state index contributed by atoms with van der Waals surface area (Å²) in [7, 11) is -0.265. The third kappa shape index (κ3) is 2.75. The minimum atomic E-state index is -3.53. The summed E-state index contributed by atoms with van der Waals surface area (Å²) in [6, 6.07) is 0. The highest BCUT2D eigenvalue weighted by Crippen LogP contribution is 2.19. The van der Waals surface area contributed by atoms with Crippen LogP contribution in [0.25, 0.3) is 0 Å². The lowest BCUT2D eigenvalue weighted by Gasteiger charge is -2.15. The highest BCUT2D eigenvalue weighted by Gasteiger charge is 2.25. The predicted molar refractivity (Wildman–Crippen MR) is 74.5 cm³/mol. The predicted octanol–water partition coefficient (Wildman–Crippen LogP) is 0.766. The lowest BCUT2D eigenvalue weighted by molar-refractivity contribution is 0.466. The smallest absolute Gasteiger partial charge is 0.246 e. The fourth-order valence-electron chi connectivity index (χ4n) is 2.00. The second-order valence-corrected chi connectivity index (χ2v) is 6.73. The first-order valence-electron chi connectivity index (χ1n) is 6.32. The molecule has 110 valence electrons. The van der Waals surface area contributed by atoms with E-state index in [1.165, 1.54) is 15.2 Å². The van der Waals surface area contributed by atoms with Gasteiger partial charge in [0.2, 0.25) is 10.0 Å². The third-order valence-corrected chi connectivity index (χ3v) is 4.98. The van der Waals surface area contributed by atoms with Gasteiger partial charge in [-0.3, -0.25) is 9.36 Å². The van der Waals surface area contributed by atoms with Gasteiger partial charge in [-0.05, 0) is 13.8 Å². The molecular weight excluding hydrogens is 278 g/mol. The van der Waals surface area contributed by atoms with Crippen molar-refractivity contribution in [1.29, 1.82) is 0 Å². The second-order valence-electron chi connectivity index (χ2n) is 4.72. The standard InChI is InChI=1S/C12H19N5O2S/c1-5-17-8-11(6-13-17)7-16(4)20(18,19)12-9-15(3)14-10(12)2/h6,8-9H,5,7H2,1-4H3. The number of hydrogen-bond acceptors (Lipinski definition) is 4. The normalized spacial score (nSPS) is 12.2. The molecular formula is C12H19N5O2S. The Balaban J connectivity index is 2.23. The van der Waals surface area contributed by atoms with Gasteiger partial charge in [0.05, 0.1) is 11.9 Å². The van der Waals surface area contributed by atoms with Gasteiger partial charge < -0.3 is 0 Å². The first-order valence-corrected chi connectivity index (χ1v) is 7.76. The van der Waals surface area contributed by atoms with E-state index in [1.807, 2.05) is 13.1 Å². The van der Waals surface area contributed by atoms with Crippen LogP contribution in [0.3, 0.4) is 0 Å². The largest absolute Gasteiger partial charge is 0.274 e. The molecule has 0 fully saturated rings. The molecule has 2 aromatic heterocycles. The van der Waals surface area contributed by atoms with Crippen molar-refractivity contribution >= 4 is 10.0 Å². The molecule has 2 heterocycles. The molecule has 7 nitrogen and oxygen atoms in total. The number of hydrogen-bond donors (Lipinski definition) is 0. The van der Waals surface area contributed by atoms with E-state index in [0.717, 1.165) is 12.1 Å². The van der Waals surface area contributed by atoms with E-state index in [4.69, 9.17) is 0 Å². The van der Waals surface area contributed by atoms with Gasteiger partial charge in [0.1, 0.15) is 4.90 Å². The van der Waals surface area contributed by atoms with Crippen molar-refractivity contribution in [2.24, 2.45) is 7.05 Å². The molecule has 2 aromatic rings.